The molecule has 0 saturated carbocycles. The molecule has 1 fully saturated rings. The van der Waals surface area contributed by atoms with Gasteiger partial charge in [-0.3, -0.25) is 4.79 Å². The van der Waals surface area contributed by atoms with Crippen LogP contribution in [0.25, 0.3) is 0 Å². The maximum absolute atomic E-state index is 13.1. The number of sulfonamides is 1. The van der Waals surface area contributed by atoms with E-state index in [1.807, 2.05) is 37.4 Å². The van der Waals surface area contributed by atoms with Crippen molar-refractivity contribution in [2.45, 2.75) is 48.6 Å². The Morgan fingerprint density at radius 3 is 2.55 bits per heavy atom. The van der Waals surface area contributed by atoms with Crippen LogP contribution < -0.4 is 0 Å². The van der Waals surface area contributed by atoms with E-state index in [1.54, 1.807) is 46.2 Å². The highest BCUT2D eigenvalue weighted by Crippen LogP contribution is 2.26. The Morgan fingerprint density at radius 1 is 1.17 bits per heavy atom. The van der Waals surface area contributed by atoms with Crippen molar-refractivity contribution < 1.29 is 13.2 Å². The number of amides is 1. The predicted octanol–water partition coefficient (Wildman–Crippen LogP) is 4.24. The molecular weight excluding hydrogens is 404 g/mol. The van der Waals surface area contributed by atoms with E-state index in [1.165, 1.54) is 11.0 Å². The first kappa shape index (κ1) is 21.9. The normalized spacial score (nSPS) is 17.8. The molecule has 156 valence electrons. The fourth-order valence-electron chi connectivity index (χ4n) is 3.65. The van der Waals surface area contributed by atoms with Gasteiger partial charge in [-0.25, -0.2) is 8.42 Å². The Bertz CT molecular complexity index is 958. The Labute approximate surface area is 178 Å². The van der Waals surface area contributed by atoms with Crippen LogP contribution in [0.15, 0.2) is 58.3 Å². The minimum absolute atomic E-state index is 0.0139. The summed E-state index contributed by atoms with van der Waals surface area (Å²) in [5.74, 6) is -0.192. The third kappa shape index (κ3) is 5.02. The van der Waals surface area contributed by atoms with Gasteiger partial charge in [-0.05, 0) is 61.9 Å². The quantitative estimate of drug-likeness (QED) is 0.641. The zero-order valence-electron chi connectivity index (χ0n) is 17.2. The second-order valence-corrected chi connectivity index (χ2v) is 10.3. The molecule has 7 heteroatoms. The lowest BCUT2D eigenvalue weighted by Crippen LogP contribution is -2.42. The first-order valence-electron chi connectivity index (χ1n) is 9.83. The molecule has 2 aromatic rings. The van der Waals surface area contributed by atoms with Crippen LogP contribution in [0.5, 0.6) is 0 Å². The van der Waals surface area contributed by atoms with Gasteiger partial charge in [0.05, 0.1) is 4.90 Å². The van der Waals surface area contributed by atoms with Crippen LogP contribution in [-0.2, 0) is 16.6 Å². The lowest BCUT2D eigenvalue weighted by atomic mass is 10.1. The fourth-order valence-corrected chi connectivity index (χ4v) is 5.80. The van der Waals surface area contributed by atoms with E-state index in [2.05, 4.69) is 0 Å². The van der Waals surface area contributed by atoms with Gasteiger partial charge in [0.25, 0.3) is 5.91 Å². The maximum Gasteiger partial charge on any atom is 0.253 e. The number of benzene rings is 2. The van der Waals surface area contributed by atoms with Gasteiger partial charge in [0, 0.05) is 36.6 Å². The average molecular weight is 433 g/mol. The van der Waals surface area contributed by atoms with Crippen molar-refractivity contribution >= 4 is 27.7 Å². The maximum atomic E-state index is 13.1. The van der Waals surface area contributed by atoms with Crippen LogP contribution in [0.4, 0.5) is 0 Å². The molecule has 1 aliphatic rings. The van der Waals surface area contributed by atoms with Gasteiger partial charge in [0.15, 0.2) is 0 Å². The number of hydrogen-bond donors (Lipinski definition) is 0. The molecule has 1 aliphatic heterocycles. The van der Waals surface area contributed by atoms with Gasteiger partial charge in [-0.15, -0.1) is 11.8 Å². The number of thioether (sulfide) groups is 1. The van der Waals surface area contributed by atoms with Crippen molar-refractivity contribution in [3.05, 3.63) is 59.7 Å². The van der Waals surface area contributed by atoms with Crippen molar-refractivity contribution in [1.82, 2.24) is 9.21 Å². The van der Waals surface area contributed by atoms with E-state index in [0.717, 1.165) is 24.8 Å². The molecule has 1 amide bonds. The van der Waals surface area contributed by atoms with Gasteiger partial charge in [0.2, 0.25) is 10.0 Å². The Balaban J connectivity index is 1.77. The Morgan fingerprint density at radius 2 is 1.90 bits per heavy atom. The molecule has 0 radical (unpaired) electrons. The molecule has 0 bridgehead atoms. The van der Waals surface area contributed by atoms with E-state index >= 15 is 0 Å². The summed E-state index contributed by atoms with van der Waals surface area (Å²) in [5, 5.41) is 0. The average Bonchev–Trinajstić information content (AvgIpc) is 2.74. The molecule has 1 atom stereocenters. The summed E-state index contributed by atoms with van der Waals surface area (Å²) in [6, 6.07) is 14.5. The van der Waals surface area contributed by atoms with Gasteiger partial charge in [-0.1, -0.05) is 24.6 Å². The second-order valence-electron chi connectivity index (χ2n) is 7.50. The summed E-state index contributed by atoms with van der Waals surface area (Å²) in [6.07, 6.45) is 4.82. The van der Waals surface area contributed by atoms with E-state index in [4.69, 9.17) is 0 Å². The highest BCUT2D eigenvalue weighted by atomic mass is 32.2. The van der Waals surface area contributed by atoms with Crippen LogP contribution in [0.3, 0.4) is 0 Å². The molecule has 1 saturated heterocycles. The number of carbonyl (C=O) groups is 1. The molecule has 29 heavy (non-hydrogen) atoms. The summed E-state index contributed by atoms with van der Waals surface area (Å²) in [4.78, 5) is 15.9. The Kier molecular flexibility index (Phi) is 7.03. The number of carbonyl (C=O) groups excluding carboxylic acids is 1. The van der Waals surface area contributed by atoms with E-state index in [-0.39, 0.29) is 16.8 Å². The molecule has 3 rings (SSSR count). The van der Waals surface area contributed by atoms with Crippen LogP contribution in [0.1, 0.15) is 42.1 Å². The lowest BCUT2D eigenvalue weighted by molar-refractivity contribution is 0.0785. The monoisotopic (exact) mass is 432 g/mol. The molecule has 5 nitrogen and oxygen atoms in total. The third-order valence-corrected chi connectivity index (χ3v) is 8.11. The molecule has 0 N–H and O–H groups in total. The van der Waals surface area contributed by atoms with E-state index < -0.39 is 10.0 Å². The van der Waals surface area contributed by atoms with Crippen LogP contribution >= 0.6 is 11.8 Å². The second kappa shape index (κ2) is 9.32. The summed E-state index contributed by atoms with van der Waals surface area (Å²) in [7, 11) is -1.86. The number of hydrogen-bond acceptors (Lipinski definition) is 4. The number of piperidine rings is 1. The number of nitrogens with zero attached hydrogens (tertiary/aromatic N) is 2. The highest BCUT2D eigenvalue weighted by molar-refractivity contribution is 7.98. The summed E-state index contributed by atoms with van der Waals surface area (Å²) in [5.41, 5.74) is 1.42. The van der Waals surface area contributed by atoms with Gasteiger partial charge in [0.1, 0.15) is 0 Å². The molecule has 1 unspecified atom stereocenters. The van der Waals surface area contributed by atoms with Gasteiger partial charge < -0.3 is 4.90 Å². The van der Waals surface area contributed by atoms with Gasteiger partial charge >= 0.3 is 0 Å². The Hall–Kier alpha value is -1.83. The minimum Gasteiger partial charge on any atom is -0.337 e. The van der Waals surface area contributed by atoms with Crippen molar-refractivity contribution in [2.24, 2.45) is 0 Å². The van der Waals surface area contributed by atoms with Crippen molar-refractivity contribution in [3.63, 3.8) is 0 Å². The molecule has 0 aliphatic carbocycles. The molecule has 2 aromatic carbocycles. The largest absolute Gasteiger partial charge is 0.337 e. The van der Waals surface area contributed by atoms with E-state index in [9.17, 15) is 13.2 Å². The zero-order chi connectivity index (χ0) is 21.0. The minimum atomic E-state index is -3.60. The van der Waals surface area contributed by atoms with Gasteiger partial charge in [-0.2, -0.15) is 4.31 Å². The molecule has 0 spiro atoms. The SMILES string of the molecule is CSc1ccc(CN(C)C(=O)c2cccc(S(=O)(=O)N3CCCCC3C)c2)cc1. The first-order chi connectivity index (χ1) is 13.8. The summed E-state index contributed by atoms with van der Waals surface area (Å²) in [6.45, 7) is 2.95. The molecular formula is C22H28N2O3S2. The van der Waals surface area contributed by atoms with Crippen molar-refractivity contribution in [3.8, 4) is 0 Å². The topological polar surface area (TPSA) is 57.7 Å². The smallest absolute Gasteiger partial charge is 0.253 e. The standard InChI is InChI=1S/C22H28N2O3S2/c1-17-7-4-5-14-24(17)29(26,27)21-9-6-8-19(15-21)22(25)23(2)16-18-10-12-20(28-3)13-11-18/h6,8-13,15,17H,4-5,7,14,16H2,1-3H3. The van der Waals surface area contributed by atoms with Crippen LogP contribution in [0.2, 0.25) is 0 Å². The van der Waals surface area contributed by atoms with E-state index in [0.29, 0.717) is 18.7 Å². The van der Waals surface area contributed by atoms with Crippen molar-refractivity contribution in [2.75, 3.05) is 19.8 Å². The fraction of sp³-hybridized carbons (Fsp3) is 0.409. The third-order valence-electron chi connectivity index (χ3n) is 5.36. The molecule has 1 heterocycles. The molecule has 0 aromatic heterocycles. The summed E-state index contributed by atoms with van der Waals surface area (Å²) >= 11 is 1.67. The zero-order valence-corrected chi connectivity index (χ0v) is 18.8. The predicted molar refractivity (Wildman–Crippen MR) is 118 cm³/mol. The van der Waals surface area contributed by atoms with Crippen LogP contribution in [0, 0.1) is 0 Å². The first-order valence-corrected chi connectivity index (χ1v) is 12.5. The lowest BCUT2D eigenvalue weighted by Gasteiger charge is -2.32. The number of rotatable bonds is 6. The summed E-state index contributed by atoms with van der Waals surface area (Å²) < 4.78 is 27.8. The highest BCUT2D eigenvalue weighted by Gasteiger charge is 2.31. The van der Waals surface area contributed by atoms with Crippen LogP contribution in [-0.4, -0.2) is 49.4 Å². The van der Waals surface area contributed by atoms with Crippen molar-refractivity contribution in [1.29, 1.82) is 0 Å².